The summed E-state index contributed by atoms with van der Waals surface area (Å²) in [5.41, 5.74) is -0.000562. The Kier molecular flexibility index (Phi) is 6.55. The van der Waals surface area contributed by atoms with Gasteiger partial charge in [0.1, 0.15) is 6.33 Å². The van der Waals surface area contributed by atoms with E-state index in [9.17, 15) is 14.9 Å². The molecule has 0 saturated heterocycles. The first-order valence-corrected chi connectivity index (χ1v) is 9.14. The molecule has 1 aromatic heterocycles. The summed E-state index contributed by atoms with van der Waals surface area (Å²) in [6.45, 7) is 5.38. The minimum atomic E-state index is -0.495. The van der Waals surface area contributed by atoms with E-state index in [-0.39, 0.29) is 22.6 Å². The molecule has 10 heteroatoms. The van der Waals surface area contributed by atoms with Crippen LogP contribution in [0.4, 0.5) is 5.69 Å². The van der Waals surface area contributed by atoms with Gasteiger partial charge in [0.25, 0.3) is 11.6 Å². The van der Waals surface area contributed by atoms with E-state index in [1.165, 1.54) is 12.4 Å². The average molecular weight is 392 g/mol. The van der Waals surface area contributed by atoms with Gasteiger partial charge in [0.05, 0.1) is 9.82 Å². The number of nitrogens with one attached hydrogen (secondary N) is 1. The van der Waals surface area contributed by atoms with Crippen LogP contribution in [-0.4, -0.2) is 57.7 Å². The molecule has 0 unspecified atom stereocenters. The van der Waals surface area contributed by atoms with Crippen molar-refractivity contribution < 1.29 is 9.72 Å². The van der Waals surface area contributed by atoms with Crippen LogP contribution in [0.25, 0.3) is 0 Å². The largest absolute Gasteiger partial charge is 0.351 e. The summed E-state index contributed by atoms with van der Waals surface area (Å²) >= 11 is 1.13. The monoisotopic (exact) mass is 392 g/mol. The zero-order valence-corrected chi connectivity index (χ0v) is 16.9. The second-order valence-corrected chi connectivity index (χ2v) is 8.36. The molecule has 0 aliphatic rings. The number of benzene rings is 1. The normalized spacial score (nSPS) is 11.6. The van der Waals surface area contributed by atoms with Crippen molar-refractivity contribution in [2.75, 3.05) is 27.2 Å². The maximum atomic E-state index is 12.5. The van der Waals surface area contributed by atoms with Crippen LogP contribution in [0.1, 0.15) is 24.2 Å². The smallest absolute Gasteiger partial charge is 0.284 e. The molecule has 9 nitrogen and oxygen atoms in total. The Balaban J connectivity index is 2.16. The number of nitro benzene ring substituents is 1. The molecule has 27 heavy (non-hydrogen) atoms. The maximum absolute atomic E-state index is 12.5. The molecule has 0 aliphatic heterocycles. The quantitative estimate of drug-likeness (QED) is 0.542. The summed E-state index contributed by atoms with van der Waals surface area (Å²) < 4.78 is 1.67. The Hall–Kier alpha value is -2.46. The van der Waals surface area contributed by atoms with Gasteiger partial charge in [-0.2, -0.15) is 0 Å². The van der Waals surface area contributed by atoms with Gasteiger partial charge >= 0.3 is 0 Å². The van der Waals surface area contributed by atoms with E-state index in [0.717, 1.165) is 18.3 Å². The van der Waals surface area contributed by atoms with Crippen molar-refractivity contribution in [2.24, 2.45) is 12.5 Å². The fourth-order valence-electron chi connectivity index (χ4n) is 2.68. The summed E-state index contributed by atoms with van der Waals surface area (Å²) in [5.74, 6) is -0.333. The van der Waals surface area contributed by atoms with Gasteiger partial charge in [-0.15, -0.1) is 10.2 Å². The number of hydrogen-bond donors (Lipinski definition) is 1. The first-order chi connectivity index (χ1) is 12.6. The van der Waals surface area contributed by atoms with Crippen molar-refractivity contribution in [1.29, 1.82) is 0 Å². The summed E-state index contributed by atoms with van der Waals surface area (Å²) in [6, 6.07) is 4.45. The molecular formula is C17H24N6O3S. The van der Waals surface area contributed by atoms with Crippen LogP contribution in [-0.2, 0) is 7.05 Å². The molecule has 0 spiro atoms. The molecule has 1 heterocycles. The van der Waals surface area contributed by atoms with Crippen LogP contribution in [0.15, 0.2) is 34.6 Å². The van der Waals surface area contributed by atoms with Crippen LogP contribution >= 0.6 is 11.8 Å². The van der Waals surface area contributed by atoms with Gasteiger partial charge in [-0.1, -0.05) is 13.8 Å². The van der Waals surface area contributed by atoms with Crippen LogP contribution < -0.4 is 5.32 Å². The van der Waals surface area contributed by atoms with Crippen LogP contribution in [0.2, 0.25) is 0 Å². The number of carbonyl (C=O) groups excluding carboxylic acids is 1. The molecular weight excluding hydrogens is 368 g/mol. The highest BCUT2D eigenvalue weighted by Gasteiger charge is 2.23. The molecule has 1 amide bonds. The fourth-order valence-corrected chi connectivity index (χ4v) is 3.53. The predicted octanol–water partition coefficient (Wildman–Crippen LogP) is 2.19. The van der Waals surface area contributed by atoms with Crippen molar-refractivity contribution in [1.82, 2.24) is 25.0 Å². The van der Waals surface area contributed by atoms with E-state index in [1.807, 2.05) is 14.1 Å². The maximum Gasteiger partial charge on any atom is 0.284 e. The average Bonchev–Trinajstić information content (AvgIpc) is 2.96. The Morgan fingerprint density at radius 3 is 2.67 bits per heavy atom. The SMILES string of the molecule is CN(C)CC(C)(C)CNC(=O)c1ccc(Sc2nncn2C)c([N+](=O)[O-])c1. The number of rotatable bonds is 8. The van der Waals surface area contributed by atoms with Gasteiger partial charge in [-0.05, 0) is 43.4 Å². The topological polar surface area (TPSA) is 106 Å². The number of nitro groups is 1. The van der Waals surface area contributed by atoms with E-state index < -0.39 is 4.92 Å². The summed E-state index contributed by atoms with van der Waals surface area (Å²) in [6.07, 6.45) is 1.52. The molecule has 1 aromatic carbocycles. The number of carbonyl (C=O) groups is 1. The lowest BCUT2D eigenvalue weighted by Crippen LogP contribution is -2.39. The number of nitrogens with zero attached hydrogens (tertiary/aromatic N) is 5. The zero-order chi connectivity index (χ0) is 20.2. The lowest BCUT2D eigenvalue weighted by Gasteiger charge is -2.28. The Bertz CT molecular complexity index is 834. The molecule has 0 atom stereocenters. The van der Waals surface area contributed by atoms with E-state index in [0.29, 0.717) is 16.6 Å². The highest BCUT2D eigenvalue weighted by atomic mass is 32.2. The van der Waals surface area contributed by atoms with Crippen LogP contribution in [0.5, 0.6) is 0 Å². The van der Waals surface area contributed by atoms with E-state index >= 15 is 0 Å². The van der Waals surface area contributed by atoms with Gasteiger partial charge in [0.2, 0.25) is 0 Å². The Morgan fingerprint density at radius 2 is 2.11 bits per heavy atom. The van der Waals surface area contributed by atoms with Gasteiger partial charge in [0, 0.05) is 31.8 Å². The number of hydrogen-bond acceptors (Lipinski definition) is 7. The highest BCUT2D eigenvalue weighted by Crippen LogP contribution is 2.34. The van der Waals surface area contributed by atoms with Gasteiger partial charge in [0.15, 0.2) is 5.16 Å². The van der Waals surface area contributed by atoms with Gasteiger partial charge < -0.3 is 14.8 Å². The summed E-state index contributed by atoms with van der Waals surface area (Å²) in [4.78, 5) is 25.9. The molecule has 146 valence electrons. The third-order valence-electron chi connectivity index (χ3n) is 3.76. The molecule has 0 bridgehead atoms. The Morgan fingerprint density at radius 1 is 1.41 bits per heavy atom. The van der Waals surface area contributed by atoms with E-state index in [4.69, 9.17) is 0 Å². The molecule has 2 rings (SSSR count). The van der Waals surface area contributed by atoms with Crippen molar-refractivity contribution >= 4 is 23.4 Å². The van der Waals surface area contributed by atoms with E-state index in [2.05, 4.69) is 34.3 Å². The molecule has 0 aliphatic carbocycles. The summed E-state index contributed by atoms with van der Waals surface area (Å²) in [5, 5.41) is 22.5. The number of aromatic nitrogens is 3. The highest BCUT2D eigenvalue weighted by molar-refractivity contribution is 7.99. The number of amides is 1. The minimum absolute atomic E-state index is 0.119. The van der Waals surface area contributed by atoms with Crippen molar-refractivity contribution in [3.05, 3.63) is 40.2 Å². The first-order valence-electron chi connectivity index (χ1n) is 8.32. The van der Waals surface area contributed by atoms with Crippen molar-refractivity contribution in [3.8, 4) is 0 Å². The van der Waals surface area contributed by atoms with E-state index in [1.54, 1.807) is 23.7 Å². The second kappa shape index (κ2) is 8.49. The van der Waals surface area contributed by atoms with Gasteiger partial charge in [-0.25, -0.2) is 0 Å². The molecule has 0 fully saturated rings. The van der Waals surface area contributed by atoms with Gasteiger partial charge in [-0.3, -0.25) is 14.9 Å². The third kappa shape index (κ3) is 5.76. The lowest BCUT2D eigenvalue weighted by atomic mass is 9.93. The fraction of sp³-hybridized carbons (Fsp3) is 0.471. The molecule has 0 radical (unpaired) electrons. The number of aryl methyl sites for hydroxylation is 1. The minimum Gasteiger partial charge on any atom is -0.351 e. The van der Waals surface area contributed by atoms with Crippen LogP contribution in [0, 0.1) is 15.5 Å². The summed E-state index contributed by atoms with van der Waals surface area (Å²) in [7, 11) is 5.70. The zero-order valence-electron chi connectivity index (χ0n) is 16.1. The second-order valence-electron chi connectivity index (χ2n) is 7.35. The van der Waals surface area contributed by atoms with Crippen molar-refractivity contribution in [3.63, 3.8) is 0 Å². The van der Waals surface area contributed by atoms with Crippen LogP contribution in [0.3, 0.4) is 0 Å². The lowest BCUT2D eigenvalue weighted by molar-refractivity contribution is -0.387. The molecule has 2 aromatic rings. The predicted molar refractivity (Wildman–Crippen MR) is 103 cm³/mol. The van der Waals surface area contributed by atoms with Crippen molar-refractivity contribution in [2.45, 2.75) is 23.9 Å². The molecule has 1 N–H and O–H groups in total. The third-order valence-corrected chi connectivity index (χ3v) is 4.88. The molecule has 0 saturated carbocycles. The Labute approximate surface area is 162 Å². The standard InChI is InChI=1S/C17H24N6O3S/c1-17(2,10-21(3)4)9-18-15(24)12-6-7-14(13(8-12)23(25)26)27-16-20-19-11-22(16)5/h6-8,11H,9-10H2,1-5H3,(H,18,24). The first kappa shape index (κ1) is 20.8.